The average molecular weight is 240 g/mol. The second kappa shape index (κ2) is 5.51. The minimum Gasteiger partial charge on any atom is -0.391 e. The van der Waals surface area contributed by atoms with E-state index in [0.29, 0.717) is 5.02 Å². The van der Waals surface area contributed by atoms with Crippen molar-refractivity contribution < 1.29 is 9.50 Å². The van der Waals surface area contributed by atoms with Gasteiger partial charge in [0, 0.05) is 10.6 Å². The minimum absolute atomic E-state index is 0. The molecule has 0 aliphatic heterocycles. The fourth-order valence-corrected chi connectivity index (χ4v) is 1.21. The van der Waals surface area contributed by atoms with Crippen molar-refractivity contribution in [1.82, 2.24) is 0 Å². The number of benzene rings is 1. The topological polar surface area (TPSA) is 46.2 Å². The van der Waals surface area contributed by atoms with Gasteiger partial charge in [-0.15, -0.1) is 12.4 Å². The molecule has 0 bridgehead atoms. The molecule has 0 amide bonds. The van der Waals surface area contributed by atoms with Gasteiger partial charge in [-0.05, 0) is 25.1 Å². The molecule has 0 unspecified atom stereocenters. The Morgan fingerprint density at radius 1 is 1.50 bits per heavy atom. The maximum atomic E-state index is 13.1. The summed E-state index contributed by atoms with van der Waals surface area (Å²) < 4.78 is 13.1. The summed E-state index contributed by atoms with van der Waals surface area (Å²) in [6, 6.07) is 3.36. The summed E-state index contributed by atoms with van der Waals surface area (Å²) in [6.45, 7) is 1.50. The molecule has 0 aromatic heterocycles. The van der Waals surface area contributed by atoms with Gasteiger partial charge in [-0.3, -0.25) is 0 Å². The summed E-state index contributed by atoms with van der Waals surface area (Å²) in [5.74, 6) is -0.446. The van der Waals surface area contributed by atoms with Gasteiger partial charge in [0.1, 0.15) is 5.82 Å². The third-order valence-electron chi connectivity index (χ3n) is 1.84. The molecule has 80 valence electrons. The molecule has 2 atom stereocenters. The average Bonchev–Trinajstić information content (AvgIpc) is 2.08. The van der Waals surface area contributed by atoms with Crippen molar-refractivity contribution in [1.29, 1.82) is 0 Å². The molecule has 2 nitrogen and oxygen atoms in total. The van der Waals surface area contributed by atoms with E-state index in [1.165, 1.54) is 25.1 Å². The van der Waals surface area contributed by atoms with Gasteiger partial charge in [-0.1, -0.05) is 11.6 Å². The van der Waals surface area contributed by atoms with Gasteiger partial charge in [-0.2, -0.15) is 0 Å². The number of rotatable bonds is 2. The fraction of sp³-hybridized carbons (Fsp3) is 0.333. The van der Waals surface area contributed by atoms with Crippen molar-refractivity contribution in [3.63, 3.8) is 0 Å². The van der Waals surface area contributed by atoms with Crippen LogP contribution in [0.25, 0.3) is 0 Å². The van der Waals surface area contributed by atoms with Gasteiger partial charge in [-0.25, -0.2) is 4.39 Å². The minimum atomic E-state index is -0.798. The first-order valence-electron chi connectivity index (χ1n) is 3.91. The number of nitrogens with two attached hydrogens (primary N) is 1. The molecule has 0 heterocycles. The van der Waals surface area contributed by atoms with Gasteiger partial charge in [0.05, 0.1) is 12.1 Å². The molecule has 0 fully saturated rings. The number of aliphatic hydroxyl groups is 1. The van der Waals surface area contributed by atoms with Crippen molar-refractivity contribution >= 4 is 24.0 Å². The summed E-state index contributed by atoms with van der Waals surface area (Å²) in [6.07, 6.45) is -0.798. The molecule has 0 spiro atoms. The van der Waals surface area contributed by atoms with E-state index in [2.05, 4.69) is 0 Å². The zero-order valence-electron chi connectivity index (χ0n) is 7.58. The largest absolute Gasteiger partial charge is 0.391 e. The van der Waals surface area contributed by atoms with Crippen LogP contribution in [0.3, 0.4) is 0 Å². The standard InChI is InChI=1S/C9H11ClFNO.ClH/c1-5(13)9(12)7-4-6(10)2-3-8(7)11;/h2-5,9,13H,12H2,1H3;1H/t5-,9-;/m0./s1. The van der Waals surface area contributed by atoms with Crippen molar-refractivity contribution in [2.75, 3.05) is 0 Å². The van der Waals surface area contributed by atoms with E-state index in [1.54, 1.807) is 0 Å². The van der Waals surface area contributed by atoms with E-state index < -0.39 is 18.0 Å². The van der Waals surface area contributed by atoms with Gasteiger partial charge < -0.3 is 10.8 Å². The van der Waals surface area contributed by atoms with Crippen LogP contribution in [0.15, 0.2) is 18.2 Å². The van der Waals surface area contributed by atoms with Crippen LogP contribution in [-0.2, 0) is 0 Å². The Kier molecular flexibility index (Phi) is 5.37. The van der Waals surface area contributed by atoms with Crippen molar-refractivity contribution in [3.05, 3.63) is 34.6 Å². The predicted molar refractivity (Wildman–Crippen MR) is 57.3 cm³/mol. The van der Waals surface area contributed by atoms with Crippen LogP contribution in [0.5, 0.6) is 0 Å². The van der Waals surface area contributed by atoms with Crippen LogP contribution in [0.1, 0.15) is 18.5 Å². The molecule has 0 aliphatic carbocycles. The van der Waals surface area contributed by atoms with Crippen molar-refractivity contribution in [3.8, 4) is 0 Å². The summed E-state index contributed by atoms with van der Waals surface area (Å²) in [7, 11) is 0. The SMILES string of the molecule is C[C@H](O)[C@H](N)c1cc(Cl)ccc1F.Cl. The number of aliphatic hydroxyl groups excluding tert-OH is 1. The monoisotopic (exact) mass is 239 g/mol. The first-order valence-corrected chi connectivity index (χ1v) is 4.28. The van der Waals surface area contributed by atoms with Gasteiger partial charge in [0.25, 0.3) is 0 Å². The summed E-state index contributed by atoms with van der Waals surface area (Å²) in [4.78, 5) is 0. The first-order chi connectivity index (χ1) is 6.02. The summed E-state index contributed by atoms with van der Waals surface area (Å²) >= 11 is 5.66. The highest BCUT2D eigenvalue weighted by atomic mass is 35.5. The maximum absolute atomic E-state index is 13.1. The van der Waals surface area contributed by atoms with E-state index >= 15 is 0 Å². The van der Waals surface area contributed by atoms with Crippen molar-refractivity contribution in [2.45, 2.75) is 19.1 Å². The van der Waals surface area contributed by atoms with Gasteiger partial charge >= 0.3 is 0 Å². The molecule has 0 saturated heterocycles. The Morgan fingerprint density at radius 2 is 2.07 bits per heavy atom. The molecule has 0 aliphatic rings. The number of hydrogen-bond acceptors (Lipinski definition) is 2. The highest BCUT2D eigenvalue weighted by Crippen LogP contribution is 2.21. The first kappa shape index (κ1) is 13.7. The Bertz CT molecular complexity index is 307. The van der Waals surface area contributed by atoms with E-state index in [9.17, 15) is 4.39 Å². The van der Waals surface area contributed by atoms with E-state index in [-0.39, 0.29) is 18.0 Å². The summed E-state index contributed by atoms with van der Waals surface area (Å²) in [5, 5.41) is 9.56. The zero-order chi connectivity index (χ0) is 10.0. The van der Waals surface area contributed by atoms with Crippen LogP contribution in [0.2, 0.25) is 5.02 Å². The van der Waals surface area contributed by atoms with Crippen LogP contribution >= 0.6 is 24.0 Å². The lowest BCUT2D eigenvalue weighted by atomic mass is 10.0. The lowest BCUT2D eigenvalue weighted by Crippen LogP contribution is -2.24. The Hall–Kier alpha value is -0.350. The van der Waals surface area contributed by atoms with Crippen LogP contribution in [0, 0.1) is 5.82 Å². The Morgan fingerprint density at radius 3 is 2.57 bits per heavy atom. The smallest absolute Gasteiger partial charge is 0.128 e. The quantitative estimate of drug-likeness (QED) is 0.832. The van der Waals surface area contributed by atoms with Gasteiger partial charge in [0.2, 0.25) is 0 Å². The van der Waals surface area contributed by atoms with Crippen LogP contribution in [-0.4, -0.2) is 11.2 Å². The van der Waals surface area contributed by atoms with Crippen LogP contribution < -0.4 is 5.73 Å². The maximum Gasteiger partial charge on any atom is 0.128 e. The second-order valence-electron chi connectivity index (χ2n) is 2.93. The van der Waals surface area contributed by atoms with E-state index in [4.69, 9.17) is 22.4 Å². The third kappa shape index (κ3) is 3.10. The van der Waals surface area contributed by atoms with Crippen molar-refractivity contribution in [2.24, 2.45) is 5.73 Å². The highest BCUT2D eigenvalue weighted by molar-refractivity contribution is 6.30. The molecule has 0 radical (unpaired) electrons. The van der Waals surface area contributed by atoms with E-state index in [0.717, 1.165) is 0 Å². The third-order valence-corrected chi connectivity index (χ3v) is 2.07. The molecular formula is C9H12Cl2FNO. The molecule has 1 rings (SSSR count). The molecule has 0 saturated carbocycles. The fourth-order valence-electron chi connectivity index (χ4n) is 1.03. The molecule has 1 aromatic carbocycles. The molecule has 1 aromatic rings. The lowest BCUT2D eigenvalue weighted by Gasteiger charge is -2.15. The van der Waals surface area contributed by atoms with Crippen LogP contribution in [0.4, 0.5) is 4.39 Å². The summed E-state index contributed by atoms with van der Waals surface area (Å²) in [5.41, 5.74) is 5.80. The normalized spacial score (nSPS) is 14.4. The Balaban J connectivity index is 0.00000169. The molecule has 14 heavy (non-hydrogen) atoms. The van der Waals surface area contributed by atoms with Gasteiger partial charge in [0.15, 0.2) is 0 Å². The van der Waals surface area contributed by atoms with E-state index in [1.807, 2.05) is 0 Å². The Labute approximate surface area is 93.3 Å². The lowest BCUT2D eigenvalue weighted by molar-refractivity contribution is 0.162. The second-order valence-corrected chi connectivity index (χ2v) is 3.37. The number of hydrogen-bond donors (Lipinski definition) is 2. The zero-order valence-corrected chi connectivity index (χ0v) is 9.15. The number of halogens is 3. The molecule has 5 heteroatoms. The highest BCUT2D eigenvalue weighted by Gasteiger charge is 2.16. The molecule has 3 N–H and O–H groups in total. The molecular weight excluding hydrogens is 228 g/mol. The predicted octanol–water partition coefficient (Wildman–Crippen LogP) is 2.28.